The monoisotopic (exact) mass is 286 g/mol. The minimum Gasteiger partial charge on any atom is -0.426 e. The Labute approximate surface area is 113 Å². The fourth-order valence-electron chi connectivity index (χ4n) is 1.28. The second kappa shape index (κ2) is 6.65. The van der Waals surface area contributed by atoms with Gasteiger partial charge in [0.1, 0.15) is 12.3 Å². The molecule has 0 aliphatic rings. The van der Waals surface area contributed by atoms with Crippen molar-refractivity contribution >= 4 is 16.2 Å². The van der Waals surface area contributed by atoms with Crippen molar-refractivity contribution in [3.8, 4) is 5.75 Å². The molecule has 0 atom stereocenters. The van der Waals surface area contributed by atoms with E-state index in [9.17, 15) is 13.2 Å². The summed E-state index contributed by atoms with van der Waals surface area (Å²) in [5.41, 5.74) is 1.04. The summed E-state index contributed by atoms with van der Waals surface area (Å²) < 4.78 is 31.0. The first-order valence-corrected chi connectivity index (χ1v) is 7.26. The lowest BCUT2D eigenvalue weighted by molar-refractivity contribution is -0.133. The number of hydrogen-bond donors (Lipinski definition) is 1. The molecule has 0 aliphatic heterocycles. The molecule has 6 nitrogen and oxygen atoms in total. The molecule has 19 heavy (non-hydrogen) atoms. The van der Waals surface area contributed by atoms with Crippen molar-refractivity contribution in [3.05, 3.63) is 29.8 Å². The molecule has 106 valence electrons. The summed E-state index contributed by atoms with van der Waals surface area (Å²) in [6, 6.07) is 7.10. The Balaban J connectivity index is 2.56. The normalized spacial score (nSPS) is 11.6. The highest BCUT2D eigenvalue weighted by Crippen LogP contribution is 2.13. The molecule has 0 fully saturated rings. The zero-order valence-corrected chi connectivity index (χ0v) is 12.0. The zero-order chi connectivity index (χ0) is 14.5. The SMILES string of the molecule is CCc1cccc(OC(=O)CNS(=O)(=O)N(C)C)c1. The van der Waals surface area contributed by atoms with Crippen LogP contribution in [0, 0.1) is 0 Å². The van der Waals surface area contributed by atoms with E-state index in [1.54, 1.807) is 18.2 Å². The molecule has 0 unspecified atom stereocenters. The van der Waals surface area contributed by atoms with Crippen LogP contribution in [0.5, 0.6) is 5.75 Å². The number of ether oxygens (including phenoxy) is 1. The number of hydrogen-bond acceptors (Lipinski definition) is 4. The minimum absolute atomic E-state index is 0.406. The predicted octanol–water partition coefficient (Wildman–Crippen LogP) is 0.550. The number of carbonyl (C=O) groups excluding carboxylic acids is 1. The Morgan fingerprint density at radius 3 is 2.63 bits per heavy atom. The molecule has 0 radical (unpaired) electrons. The van der Waals surface area contributed by atoms with Gasteiger partial charge >= 0.3 is 5.97 Å². The first kappa shape index (κ1) is 15.6. The molecule has 0 aliphatic carbocycles. The smallest absolute Gasteiger partial charge is 0.326 e. The molecule has 0 heterocycles. The maximum absolute atomic E-state index is 11.5. The number of nitrogens with zero attached hydrogens (tertiary/aromatic N) is 1. The summed E-state index contributed by atoms with van der Waals surface area (Å²) in [6.07, 6.45) is 0.832. The third kappa shape index (κ3) is 4.98. The van der Waals surface area contributed by atoms with Crippen molar-refractivity contribution in [1.29, 1.82) is 0 Å². The lowest BCUT2D eigenvalue weighted by Gasteiger charge is -2.12. The molecule has 1 aromatic rings. The van der Waals surface area contributed by atoms with Crippen LogP contribution in [-0.2, 0) is 21.4 Å². The third-order valence-electron chi connectivity index (χ3n) is 2.42. The van der Waals surface area contributed by atoms with E-state index in [-0.39, 0.29) is 0 Å². The third-order valence-corrected chi connectivity index (χ3v) is 3.89. The highest BCUT2D eigenvalue weighted by Gasteiger charge is 2.15. The molecule has 0 amide bonds. The van der Waals surface area contributed by atoms with Crippen LogP contribution in [0.3, 0.4) is 0 Å². The Morgan fingerprint density at radius 1 is 1.37 bits per heavy atom. The lowest BCUT2D eigenvalue weighted by Crippen LogP contribution is -2.39. The van der Waals surface area contributed by atoms with Crippen LogP contribution in [0.4, 0.5) is 0 Å². The fraction of sp³-hybridized carbons (Fsp3) is 0.417. The summed E-state index contributed by atoms with van der Waals surface area (Å²) >= 11 is 0. The maximum atomic E-state index is 11.5. The fourth-order valence-corrected chi connectivity index (χ4v) is 1.83. The van der Waals surface area contributed by atoms with Crippen LogP contribution in [0.15, 0.2) is 24.3 Å². The van der Waals surface area contributed by atoms with Crippen molar-refractivity contribution in [2.24, 2.45) is 0 Å². The molecule has 1 aromatic carbocycles. The molecular formula is C12H18N2O4S. The van der Waals surface area contributed by atoms with Gasteiger partial charge in [0, 0.05) is 14.1 Å². The van der Waals surface area contributed by atoms with Crippen molar-refractivity contribution in [1.82, 2.24) is 9.03 Å². The van der Waals surface area contributed by atoms with Crippen molar-refractivity contribution < 1.29 is 17.9 Å². The summed E-state index contributed by atoms with van der Waals surface area (Å²) in [5.74, 6) is -0.243. The zero-order valence-electron chi connectivity index (χ0n) is 11.2. The van der Waals surface area contributed by atoms with Gasteiger partial charge in [-0.1, -0.05) is 19.1 Å². The number of aryl methyl sites for hydroxylation is 1. The average molecular weight is 286 g/mol. The van der Waals surface area contributed by atoms with Gasteiger partial charge in [-0.15, -0.1) is 0 Å². The van der Waals surface area contributed by atoms with Gasteiger partial charge in [0.05, 0.1) is 0 Å². The van der Waals surface area contributed by atoms with Crippen molar-refractivity contribution in [3.63, 3.8) is 0 Å². The standard InChI is InChI=1S/C12H18N2O4S/c1-4-10-6-5-7-11(8-10)18-12(15)9-13-19(16,17)14(2)3/h5-8,13H,4,9H2,1-3H3. The van der Waals surface area contributed by atoms with Gasteiger partial charge in [-0.3, -0.25) is 4.79 Å². The molecule has 0 spiro atoms. The highest BCUT2D eigenvalue weighted by molar-refractivity contribution is 7.87. The van der Waals surface area contributed by atoms with E-state index in [0.29, 0.717) is 5.75 Å². The Bertz CT molecular complexity index is 540. The Kier molecular flexibility index (Phi) is 5.46. The number of benzene rings is 1. The maximum Gasteiger partial charge on any atom is 0.326 e. The predicted molar refractivity (Wildman–Crippen MR) is 72.1 cm³/mol. The van der Waals surface area contributed by atoms with Crippen LogP contribution < -0.4 is 9.46 Å². The molecule has 1 N–H and O–H groups in total. The van der Waals surface area contributed by atoms with Crippen LogP contribution >= 0.6 is 0 Å². The topological polar surface area (TPSA) is 75.7 Å². The second-order valence-electron chi connectivity index (χ2n) is 4.08. The van der Waals surface area contributed by atoms with E-state index >= 15 is 0 Å². The van der Waals surface area contributed by atoms with Crippen LogP contribution in [0.1, 0.15) is 12.5 Å². The van der Waals surface area contributed by atoms with Crippen molar-refractivity contribution in [2.75, 3.05) is 20.6 Å². The Morgan fingerprint density at radius 2 is 2.05 bits per heavy atom. The lowest BCUT2D eigenvalue weighted by atomic mass is 10.2. The molecule has 0 saturated carbocycles. The first-order valence-electron chi connectivity index (χ1n) is 5.82. The molecular weight excluding hydrogens is 268 g/mol. The van der Waals surface area contributed by atoms with Gasteiger partial charge in [0.2, 0.25) is 0 Å². The second-order valence-corrected chi connectivity index (χ2v) is 6.05. The largest absolute Gasteiger partial charge is 0.426 e. The number of rotatable bonds is 6. The van der Waals surface area contributed by atoms with Crippen LogP contribution in [-0.4, -0.2) is 39.3 Å². The average Bonchev–Trinajstić information content (AvgIpc) is 2.36. The summed E-state index contributed by atoms with van der Waals surface area (Å²) in [4.78, 5) is 11.5. The first-order chi connectivity index (χ1) is 8.85. The quantitative estimate of drug-likeness (QED) is 0.612. The highest BCUT2D eigenvalue weighted by atomic mass is 32.2. The molecule has 0 saturated heterocycles. The molecule has 0 aromatic heterocycles. The van der Waals surface area contributed by atoms with Crippen LogP contribution in [0.25, 0.3) is 0 Å². The molecule has 1 rings (SSSR count). The van der Waals surface area contributed by atoms with E-state index in [4.69, 9.17) is 4.74 Å². The van der Waals surface area contributed by atoms with Gasteiger partial charge in [-0.05, 0) is 24.1 Å². The van der Waals surface area contributed by atoms with Gasteiger partial charge in [0.15, 0.2) is 0 Å². The number of esters is 1. The van der Waals surface area contributed by atoms with Gasteiger partial charge < -0.3 is 4.74 Å². The van der Waals surface area contributed by atoms with Gasteiger partial charge in [-0.2, -0.15) is 17.4 Å². The van der Waals surface area contributed by atoms with E-state index in [0.717, 1.165) is 16.3 Å². The van der Waals surface area contributed by atoms with Crippen molar-refractivity contribution in [2.45, 2.75) is 13.3 Å². The van der Waals surface area contributed by atoms with Crippen LogP contribution in [0.2, 0.25) is 0 Å². The van der Waals surface area contributed by atoms with E-state index in [1.165, 1.54) is 14.1 Å². The summed E-state index contributed by atoms with van der Waals surface area (Å²) in [6.45, 7) is 1.59. The summed E-state index contributed by atoms with van der Waals surface area (Å²) in [5, 5.41) is 0. The Hall–Kier alpha value is -1.44. The van der Waals surface area contributed by atoms with Gasteiger partial charge in [-0.25, -0.2) is 0 Å². The minimum atomic E-state index is -3.62. The number of nitrogens with one attached hydrogen (secondary N) is 1. The van der Waals surface area contributed by atoms with Gasteiger partial charge in [0.25, 0.3) is 10.2 Å². The molecule has 0 bridgehead atoms. The van der Waals surface area contributed by atoms with E-state index < -0.39 is 22.7 Å². The summed E-state index contributed by atoms with van der Waals surface area (Å²) in [7, 11) is -0.869. The number of carbonyl (C=O) groups is 1. The van der Waals surface area contributed by atoms with E-state index in [1.807, 2.05) is 13.0 Å². The van der Waals surface area contributed by atoms with E-state index in [2.05, 4.69) is 4.72 Å². The molecule has 7 heteroatoms.